The van der Waals surface area contributed by atoms with Crippen molar-refractivity contribution in [1.82, 2.24) is 5.32 Å². The van der Waals surface area contributed by atoms with Crippen molar-refractivity contribution in [3.05, 3.63) is 52.4 Å². The average molecular weight is 437 g/mol. The summed E-state index contributed by atoms with van der Waals surface area (Å²) in [5, 5.41) is 14.2. The highest BCUT2D eigenvalue weighted by molar-refractivity contribution is 6.05. The van der Waals surface area contributed by atoms with E-state index >= 15 is 0 Å². The van der Waals surface area contributed by atoms with Gasteiger partial charge in [-0.05, 0) is 69.0 Å². The quantitative estimate of drug-likeness (QED) is 0.446. The van der Waals surface area contributed by atoms with Crippen molar-refractivity contribution in [3.8, 4) is 5.75 Å². The third-order valence-corrected chi connectivity index (χ3v) is 6.42. The van der Waals surface area contributed by atoms with Gasteiger partial charge in [-0.2, -0.15) is 0 Å². The van der Waals surface area contributed by atoms with E-state index in [2.05, 4.69) is 5.32 Å². The lowest BCUT2D eigenvalue weighted by Crippen LogP contribution is -2.39. The zero-order valence-electron chi connectivity index (χ0n) is 18.2. The summed E-state index contributed by atoms with van der Waals surface area (Å²) in [6, 6.07) is 10.9. The fourth-order valence-electron chi connectivity index (χ4n) is 4.43. The maximum absolute atomic E-state index is 12.6. The molecule has 168 valence electrons. The van der Waals surface area contributed by atoms with Crippen molar-refractivity contribution in [1.29, 1.82) is 0 Å². The fraction of sp³-hybridized carbons (Fsp3) is 0.400. The van der Waals surface area contributed by atoms with E-state index in [0.29, 0.717) is 41.7 Å². The molecule has 0 spiro atoms. The number of aryl methyl sites for hydroxylation is 1. The molecule has 1 atom stereocenters. The number of carboxylic acids is 1. The lowest BCUT2D eigenvalue weighted by atomic mass is 9.82. The van der Waals surface area contributed by atoms with Crippen LogP contribution in [-0.2, 0) is 9.59 Å². The van der Waals surface area contributed by atoms with Crippen molar-refractivity contribution >= 4 is 33.6 Å². The van der Waals surface area contributed by atoms with Gasteiger partial charge in [0.1, 0.15) is 11.3 Å². The Hall–Kier alpha value is -3.35. The minimum atomic E-state index is -0.732. The number of hydrogen-bond donors (Lipinski definition) is 2. The molecule has 1 aliphatic rings. The van der Waals surface area contributed by atoms with Gasteiger partial charge in [0.25, 0.3) is 5.91 Å². The number of aliphatic carboxylic acids is 1. The van der Waals surface area contributed by atoms with Gasteiger partial charge in [-0.25, -0.2) is 4.79 Å². The molecule has 0 saturated heterocycles. The molecular weight excluding hydrogens is 410 g/mol. The summed E-state index contributed by atoms with van der Waals surface area (Å²) in [5.74, 6) is -0.460. The SMILES string of the molecule is Cc1c(OC(C)C(=O)NCC2CCC(C(=O)O)CC2)ccc2c1oc(=O)c1ccccc12. The summed E-state index contributed by atoms with van der Waals surface area (Å²) in [7, 11) is 0. The molecule has 0 radical (unpaired) electrons. The number of carboxylic acid groups (broad SMARTS) is 1. The molecular formula is C25H27NO6. The normalized spacial score (nSPS) is 19.6. The fourth-order valence-corrected chi connectivity index (χ4v) is 4.43. The van der Waals surface area contributed by atoms with E-state index in [0.717, 1.165) is 23.6 Å². The van der Waals surface area contributed by atoms with Crippen LogP contribution in [0, 0.1) is 18.8 Å². The highest BCUT2D eigenvalue weighted by atomic mass is 16.5. The van der Waals surface area contributed by atoms with Crippen LogP contribution in [-0.4, -0.2) is 29.6 Å². The zero-order valence-corrected chi connectivity index (χ0v) is 18.2. The Balaban J connectivity index is 1.43. The van der Waals surface area contributed by atoms with Gasteiger partial charge in [-0.1, -0.05) is 18.2 Å². The Morgan fingerprint density at radius 3 is 2.47 bits per heavy atom. The number of carbonyl (C=O) groups is 2. The largest absolute Gasteiger partial charge is 0.481 e. The smallest absolute Gasteiger partial charge is 0.344 e. The summed E-state index contributed by atoms with van der Waals surface area (Å²) < 4.78 is 11.5. The third-order valence-electron chi connectivity index (χ3n) is 6.42. The van der Waals surface area contributed by atoms with Crippen LogP contribution in [0.15, 0.2) is 45.6 Å². The Labute approximate surface area is 185 Å². The van der Waals surface area contributed by atoms with Gasteiger partial charge in [0.2, 0.25) is 0 Å². The average Bonchev–Trinajstić information content (AvgIpc) is 2.80. The number of fused-ring (bicyclic) bond motifs is 3. The highest BCUT2D eigenvalue weighted by Crippen LogP contribution is 2.31. The maximum Gasteiger partial charge on any atom is 0.344 e. The van der Waals surface area contributed by atoms with Gasteiger partial charge in [0.15, 0.2) is 6.10 Å². The van der Waals surface area contributed by atoms with Gasteiger partial charge in [-0.3, -0.25) is 9.59 Å². The molecule has 1 aromatic heterocycles. The highest BCUT2D eigenvalue weighted by Gasteiger charge is 2.26. The molecule has 1 amide bonds. The molecule has 1 saturated carbocycles. The van der Waals surface area contributed by atoms with Crippen molar-refractivity contribution in [3.63, 3.8) is 0 Å². The first-order chi connectivity index (χ1) is 15.3. The van der Waals surface area contributed by atoms with E-state index in [1.807, 2.05) is 18.2 Å². The second kappa shape index (κ2) is 9.02. The van der Waals surface area contributed by atoms with Crippen LogP contribution in [0.1, 0.15) is 38.2 Å². The predicted molar refractivity (Wildman–Crippen MR) is 121 cm³/mol. The molecule has 3 aromatic rings. The molecule has 1 fully saturated rings. The lowest BCUT2D eigenvalue weighted by Gasteiger charge is -2.26. The summed E-state index contributed by atoms with van der Waals surface area (Å²) in [4.78, 5) is 36.0. The molecule has 32 heavy (non-hydrogen) atoms. The zero-order chi connectivity index (χ0) is 22.8. The standard InChI is InChI=1S/C25H27NO6/c1-14-21(12-11-19-18-5-3-4-6-20(18)25(30)32-22(14)19)31-15(2)23(27)26-13-16-7-9-17(10-8-16)24(28)29/h3-6,11-12,15-17H,7-10,13H2,1-2H3,(H,26,27)(H,28,29). The van der Waals surface area contributed by atoms with Gasteiger partial charge in [-0.15, -0.1) is 0 Å². The lowest BCUT2D eigenvalue weighted by molar-refractivity contribution is -0.143. The van der Waals surface area contributed by atoms with Crippen LogP contribution in [0.3, 0.4) is 0 Å². The van der Waals surface area contributed by atoms with E-state index in [4.69, 9.17) is 14.3 Å². The second-order valence-corrected chi connectivity index (χ2v) is 8.56. The molecule has 4 rings (SSSR count). The first-order valence-corrected chi connectivity index (χ1v) is 11.0. The summed E-state index contributed by atoms with van der Waals surface area (Å²) >= 11 is 0. The number of nitrogens with one attached hydrogen (secondary N) is 1. The Kier molecular flexibility index (Phi) is 6.17. The van der Waals surface area contributed by atoms with Crippen LogP contribution in [0.2, 0.25) is 0 Å². The van der Waals surface area contributed by atoms with Crippen molar-refractivity contribution in [2.24, 2.45) is 11.8 Å². The maximum atomic E-state index is 12.6. The van der Waals surface area contributed by atoms with E-state index < -0.39 is 17.7 Å². The summed E-state index contributed by atoms with van der Waals surface area (Å²) in [5.41, 5.74) is 0.711. The molecule has 7 heteroatoms. The topological polar surface area (TPSA) is 106 Å². The van der Waals surface area contributed by atoms with Crippen molar-refractivity contribution in [2.45, 2.75) is 45.6 Å². The van der Waals surface area contributed by atoms with Gasteiger partial charge < -0.3 is 19.6 Å². The number of carbonyl (C=O) groups excluding carboxylic acids is 1. The third kappa shape index (κ3) is 4.33. The van der Waals surface area contributed by atoms with Crippen molar-refractivity contribution in [2.75, 3.05) is 6.54 Å². The molecule has 1 unspecified atom stereocenters. The van der Waals surface area contributed by atoms with Crippen LogP contribution < -0.4 is 15.7 Å². The number of amides is 1. The first-order valence-electron chi connectivity index (χ1n) is 11.0. The number of hydrogen-bond acceptors (Lipinski definition) is 5. The summed E-state index contributed by atoms with van der Waals surface area (Å²) in [6.45, 7) is 3.99. The van der Waals surface area contributed by atoms with Crippen molar-refractivity contribution < 1.29 is 23.8 Å². The van der Waals surface area contributed by atoms with E-state index in [9.17, 15) is 14.4 Å². The minimum Gasteiger partial charge on any atom is -0.481 e. The Morgan fingerprint density at radius 2 is 1.78 bits per heavy atom. The van der Waals surface area contributed by atoms with E-state index in [1.54, 1.807) is 32.0 Å². The van der Waals surface area contributed by atoms with Gasteiger partial charge in [0.05, 0.1) is 11.3 Å². The Bertz CT molecular complexity index is 1220. The summed E-state index contributed by atoms with van der Waals surface area (Å²) in [6.07, 6.45) is 2.16. The van der Waals surface area contributed by atoms with Crippen LogP contribution in [0.4, 0.5) is 0 Å². The van der Waals surface area contributed by atoms with Gasteiger partial charge in [0, 0.05) is 17.5 Å². The molecule has 2 N–H and O–H groups in total. The van der Waals surface area contributed by atoms with Crippen LogP contribution >= 0.6 is 0 Å². The number of rotatable bonds is 6. The van der Waals surface area contributed by atoms with E-state index in [-0.39, 0.29) is 17.7 Å². The number of ether oxygens (including phenoxy) is 1. The second-order valence-electron chi connectivity index (χ2n) is 8.56. The molecule has 0 bridgehead atoms. The van der Waals surface area contributed by atoms with Crippen LogP contribution in [0.25, 0.3) is 21.7 Å². The van der Waals surface area contributed by atoms with E-state index in [1.165, 1.54) is 0 Å². The molecule has 7 nitrogen and oxygen atoms in total. The van der Waals surface area contributed by atoms with Gasteiger partial charge >= 0.3 is 11.6 Å². The Morgan fingerprint density at radius 1 is 1.09 bits per heavy atom. The number of benzene rings is 2. The molecule has 1 heterocycles. The van der Waals surface area contributed by atoms with Crippen LogP contribution in [0.5, 0.6) is 5.75 Å². The predicted octanol–water partition coefficient (Wildman–Crippen LogP) is 4.03. The molecule has 0 aliphatic heterocycles. The first kappa shape index (κ1) is 21.9. The molecule has 2 aromatic carbocycles. The monoisotopic (exact) mass is 437 g/mol. The minimum absolute atomic E-state index is 0.232. The molecule has 1 aliphatic carbocycles.